The molecule has 4 N–H and O–H groups in total. The van der Waals surface area contributed by atoms with Crippen molar-refractivity contribution in [2.24, 2.45) is 5.73 Å². The highest BCUT2D eigenvalue weighted by Crippen LogP contribution is 2.23. The van der Waals surface area contributed by atoms with Gasteiger partial charge in [0.25, 0.3) is 0 Å². The molecule has 0 bridgehead atoms. The Balaban J connectivity index is 2.00. The molecule has 2 aromatic rings. The Bertz CT molecular complexity index is 625. The normalized spacial score (nSPS) is 18.4. The molecule has 20 heavy (non-hydrogen) atoms. The summed E-state index contributed by atoms with van der Waals surface area (Å²) >= 11 is 0. The van der Waals surface area contributed by atoms with Crippen LogP contribution in [0.2, 0.25) is 0 Å². The Morgan fingerprint density at radius 2 is 2.10 bits per heavy atom. The minimum atomic E-state index is -0.396. The lowest BCUT2D eigenvalue weighted by Gasteiger charge is -2.22. The van der Waals surface area contributed by atoms with Gasteiger partial charge in [-0.15, -0.1) is 0 Å². The number of hydrogen-bond donors (Lipinski definition) is 2. The Kier molecular flexibility index (Phi) is 2.93. The summed E-state index contributed by atoms with van der Waals surface area (Å²) in [5.41, 5.74) is 11.1. The van der Waals surface area contributed by atoms with Gasteiger partial charge in [0.15, 0.2) is 0 Å². The van der Waals surface area contributed by atoms with Crippen LogP contribution >= 0.6 is 0 Å². The van der Waals surface area contributed by atoms with E-state index in [9.17, 15) is 4.79 Å². The van der Waals surface area contributed by atoms with E-state index in [0.29, 0.717) is 24.9 Å². The molecule has 0 spiro atoms. The van der Waals surface area contributed by atoms with Gasteiger partial charge in [0, 0.05) is 18.9 Å². The van der Waals surface area contributed by atoms with Crippen LogP contribution in [0.5, 0.6) is 0 Å². The lowest BCUT2D eigenvalue weighted by atomic mass is 10.2. The van der Waals surface area contributed by atoms with E-state index in [1.54, 1.807) is 28.2 Å². The molecule has 0 saturated carbocycles. The van der Waals surface area contributed by atoms with Crippen molar-refractivity contribution >= 4 is 17.8 Å². The highest BCUT2D eigenvalue weighted by Gasteiger charge is 2.31. The fraction of sp³-hybridized carbons (Fsp3) is 0.364. The van der Waals surface area contributed by atoms with Gasteiger partial charge in [0.1, 0.15) is 12.4 Å². The molecule has 1 fully saturated rings. The third-order valence-electron chi connectivity index (χ3n) is 3.20. The maximum atomic E-state index is 11.4. The van der Waals surface area contributed by atoms with Crippen LogP contribution in [0, 0.1) is 0 Å². The average molecular weight is 274 g/mol. The van der Waals surface area contributed by atoms with E-state index in [1.165, 1.54) is 0 Å². The molecular weight excluding hydrogens is 260 g/mol. The topological polar surface area (TPSA) is 129 Å². The number of nitrogens with two attached hydrogens (primary N) is 2. The number of nitrogens with zero attached hydrogens (tertiary/aromatic N) is 6. The second-order valence-corrected chi connectivity index (χ2v) is 4.52. The van der Waals surface area contributed by atoms with Crippen LogP contribution in [0.4, 0.5) is 11.9 Å². The zero-order chi connectivity index (χ0) is 14.1. The molecule has 3 rings (SSSR count). The molecule has 1 atom stereocenters. The molecule has 104 valence electrons. The van der Waals surface area contributed by atoms with Crippen molar-refractivity contribution < 1.29 is 4.79 Å². The van der Waals surface area contributed by atoms with Crippen LogP contribution < -0.4 is 16.4 Å². The van der Waals surface area contributed by atoms with E-state index in [1.807, 2.05) is 0 Å². The lowest BCUT2D eigenvalue weighted by Crippen LogP contribution is -2.41. The fourth-order valence-corrected chi connectivity index (χ4v) is 2.29. The van der Waals surface area contributed by atoms with Crippen molar-refractivity contribution in [2.45, 2.75) is 18.9 Å². The van der Waals surface area contributed by atoms with Crippen LogP contribution in [-0.2, 0) is 4.79 Å². The molecule has 3 heterocycles. The predicted molar refractivity (Wildman–Crippen MR) is 70.9 cm³/mol. The molecule has 0 aromatic carbocycles. The largest absolute Gasteiger partial charge is 0.368 e. The number of amides is 1. The molecule has 2 aromatic heterocycles. The Morgan fingerprint density at radius 1 is 1.30 bits per heavy atom. The molecule has 1 aliphatic heterocycles. The standard InChI is InChI=1S/C11H14N8O/c12-8(20)7-2-1-4-19(7)11-16-9(13)15-10(17-11)18-5-3-14-6-18/h3,5-7H,1-2,4H2,(H2,12,20)(H2,13,15,16,17). The second kappa shape index (κ2) is 4.76. The third-order valence-corrected chi connectivity index (χ3v) is 3.20. The molecule has 1 unspecified atom stereocenters. The molecular formula is C11H14N8O. The minimum absolute atomic E-state index is 0.0915. The number of primary amides is 1. The summed E-state index contributed by atoms with van der Waals surface area (Å²) in [6.07, 6.45) is 6.44. The molecule has 9 nitrogen and oxygen atoms in total. The number of nitrogen functional groups attached to an aromatic ring is 1. The maximum absolute atomic E-state index is 11.4. The van der Waals surface area contributed by atoms with Gasteiger partial charge >= 0.3 is 0 Å². The van der Waals surface area contributed by atoms with Gasteiger partial charge in [-0.2, -0.15) is 15.0 Å². The summed E-state index contributed by atoms with van der Waals surface area (Å²) in [6, 6.07) is -0.396. The van der Waals surface area contributed by atoms with E-state index in [-0.39, 0.29) is 11.9 Å². The summed E-state index contributed by atoms with van der Waals surface area (Å²) in [6.45, 7) is 0.667. The molecule has 1 aliphatic rings. The third kappa shape index (κ3) is 2.13. The first-order valence-electron chi connectivity index (χ1n) is 6.21. The second-order valence-electron chi connectivity index (χ2n) is 4.52. The first kappa shape index (κ1) is 12.3. The maximum Gasteiger partial charge on any atom is 0.241 e. The number of rotatable bonds is 3. The number of carbonyl (C=O) groups is 1. The summed E-state index contributed by atoms with van der Waals surface area (Å²) in [5, 5.41) is 0. The molecule has 1 amide bonds. The Morgan fingerprint density at radius 3 is 2.80 bits per heavy atom. The lowest BCUT2D eigenvalue weighted by molar-refractivity contribution is -0.119. The van der Waals surface area contributed by atoms with Gasteiger partial charge in [-0.3, -0.25) is 9.36 Å². The van der Waals surface area contributed by atoms with Crippen molar-refractivity contribution in [3.05, 3.63) is 18.7 Å². The van der Waals surface area contributed by atoms with Gasteiger partial charge < -0.3 is 16.4 Å². The van der Waals surface area contributed by atoms with Gasteiger partial charge in [-0.05, 0) is 12.8 Å². The average Bonchev–Trinajstić information content (AvgIpc) is 3.09. The zero-order valence-electron chi connectivity index (χ0n) is 10.7. The quantitative estimate of drug-likeness (QED) is 0.741. The monoisotopic (exact) mass is 274 g/mol. The van der Waals surface area contributed by atoms with Crippen molar-refractivity contribution in [3.63, 3.8) is 0 Å². The van der Waals surface area contributed by atoms with Crippen molar-refractivity contribution in [1.82, 2.24) is 24.5 Å². The van der Waals surface area contributed by atoms with Gasteiger partial charge in [0.2, 0.25) is 23.8 Å². The van der Waals surface area contributed by atoms with Gasteiger partial charge in [-0.25, -0.2) is 4.98 Å². The first-order valence-corrected chi connectivity index (χ1v) is 6.21. The summed E-state index contributed by atoms with van der Waals surface area (Å²) in [5.74, 6) is 0.433. The number of carbonyl (C=O) groups excluding carboxylic acids is 1. The summed E-state index contributed by atoms with van der Waals surface area (Å²) in [4.78, 5) is 29.6. The highest BCUT2D eigenvalue weighted by molar-refractivity contribution is 5.83. The van der Waals surface area contributed by atoms with Gasteiger partial charge in [0.05, 0.1) is 0 Å². The van der Waals surface area contributed by atoms with Crippen molar-refractivity contribution in [3.8, 4) is 5.95 Å². The van der Waals surface area contributed by atoms with Crippen LogP contribution in [0.3, 0.4) is 0 Å². The molecule has 0 aliphatic carbocycles. The predicted octanol–water partition coefficient (Wildman–Crippen LogP) is -0.906. The Hall–Kier alpha value is -2.71. The summed E-state index contributed by atoms with van der Waals surface area (Å²) < 4.78 is 1.62. The molecule has 9 heteroatoms. The Labute approximate surface area is 114 Å². The number of imidazole rings is 1. The molecule has 0 radical (unpaired) electrons. The number of aromatic nitrogens is 5. The first-order chi connectivity index (χ1) is 9.65. The molecule has 1 saturated heterocycles. The van der Waals surface area contributed by atoms with E-state index in [2.05, 4.69) is 19.9 Å². The fourth-order valence-electron chi connectivity index (χ4n) is 2.29. The summed E-state index contributed by atoms with van der Waals surface area (Å²) in [7, 11) is 0. The van der Waals surface area contributed by atoms with Crippen LogP contribution in [0.1, 0.15) is 12.8 Å². The van der Waals surface area contributed by atoms with Crippen LogP contribution in [-0.4, -0.2) is 43.0 Å². The SMILES string of the molecule is NC(=O)C1CCCN1c1nc(N)nc(-n2ccnc2)n1. The smallest absolute Gasteiger partial charge is 0.241 e. The van der Waals surface area contributed by atoms with Crippen molar-refractivity contribution in [2.75, 3.05) is 17.2 Å². The van der Waals surface area contributed by atoms with E-state index >= 15 is 0 Å². The highest BCUT2D eigenvalue weighted by atomic mass is 16.1. The number of anilines is 2. The zero-order valence-corrected chi connectivity index (χ0v) is 10.7. The van der Waals surface area contributed by atoms with E-state index in [4.69, 9.17) is 11.5 Å². The van der Waals surface area contributed by atoms with Crippen molar-refractivity contribution in [1.29, 1.82) is 0 Å². The van der Waals surface area contributed by atoms with E-state index in [0.717, 1.165) is 6.42 Å². The number of hydrogen-bond acceptors (Lipinski definition) is 7. The van der Waals surface area contributed by atoms with E-state index < -0.39 is 6.04 Å². The van der Waals surface area contributed by atoms with Crippen LogP contribution in [0.25, 0.3) is 5.95 Å². The van der Waals surface area contributed by atoms with Crippen LogP contribution in [0.15, 0.2) is 18.7 Å². The van der Waals surface area contributed by atoms with Gasteiger partial charge in [-0.1, -0.05) is 0 Å². The minimum Gasteiger partial charge on any atom is -0.368 e.